The fraction of sp³-hybridized carbons (Fsp3) is 0.706. The lowest BCUT2D eigenvalue weighted by molar-refractivity contribution is 0.0434. The summed E-state index contributed by atoms with van der Waals surface area (Å²) in [6.07, 6.45) is 3.85. The summed E-state index contributed by atoms with van der Waals surface area (Å²) in [5.74, 6) is 1.40. The largest absolute Gasteiger partial charge is 0.466 e. The van der Waals surface area contributed by atoms with Gasteiger partial charge in [0.2, 0.25) is 0 Å². The maximum absolute atomic E-state index is 10.6. The molecule has 0 aromatic carbocycles. The van der Waals surface area contributed by atoms with Crippen LogP contribution in [0.5, 0.6) is 0 Å². The maximum atomic E-state index is 10.6. The van der Waals surface area contributed by atoms with Gasteiger partial charge in [-0.25, -0.2) is 4.99 Å². The van der Waals surface area contributed by atoms with Gasteiger partial charge in [0, 0.05) is 31.7 Å². The molecule has 6 heteroatoms. The number of nitrogens with zero attached hydrogens (tertiary/aromatic N) is 2. The molecular weight excluding hydrogens is 294 g/mol. The first-order valence-corrected chi connectivity index (χ1v) is 8.42. The third-order valence-electron chi connectivity index (χ3n) is 4.85. The van der Waals surface area contributed by atoms with Gasteiger partial charge in [-0.15, -0.1) is 0 Å². The van der Waals surface area contributed by atoms with Crippen LogP contribution < -0.4 is 5.32 Å². The van der Waals surface area contributed by atoms with Crippen molar-refractivity contribution in [3.8, 4) is 0 Å². The van der Waals surface area contributed by atoms with E-state index in [-0.39, 0.29) is 6.54 Å². The monoisotopic (exact) mass is 321 g/mol. The Bertz CT molecular complexity index is 533. The molecule has 0 aliphatic carbocycles. The van der Waals surface area contributed by atoms with Crippen molar-refractivity contribution >= 4 is 5.96 Å². The van der Waals surface area contributed by atoms with Crippen LogP contribution in [0.15, 0.2) is 27.8 Å². The molecule has 3 heterocycles. The summed E-state index contributed by atoms with van der Waals surface area (Å²) < 4.78 is 10.9. The van der Waals surface area contributed by atoms with E-state index < -0.39 is 5.60 Å². The highest BCUT2D eigenvalue weighted by Crippen LogP contribution is 2.38. The number of nitrogens with one attached hydrogen (secondary N) is 1. The van der Waals surface area contributed by atoms with Crippen molar-refractivity contribution in [2.75, 3.05) is 39.4 Å². The number of aliphatic imine (C=N–C) groups is 1. The molecule has 0 saturated carbocycles. The molecule has 1 spiro atoms. The fourth-order valence-electron chi connectivity index (χ4n) is 3.40. The van der Waals surface area contributed by atoms with Crippen LogP contribution in [0, 0.1) is 5.41 Å². The highest BCUT2D eigenvalue weighted by atomic mass is 16.5. The van der Waals surface area contributed by atoms with Gasteiger partial charge in [-0.1, -0.05) is 0 Å². The van der Waals surface area contributed by atoms with Gasteiger partial charge in [0.25, 0.3) is 0 Å². The van der Waals surface area contributed by atoms with Crippen LogP contribution >= 0.6 is 0 Å². The van der Waals surface area contributed by atoms with Crippen LogP contribution in [0.4, 0.5) is 0 Å². The average Bonchev–Trinajstić information content (AvgIpc) is 3.27. The normalized spacial score (nSPS) is 27.6. The van der Waals surface area contributed by atoms with E-state index in [9.17, 15) is 5.11 Å². The number of rotatable bonds is 4. The standard InChI is InChI=1S/C17H27N3O3/c1-3-18-15(19-11-16(2,21)14-5-4-9-23-14)20-8-6-17(12-20)7-10-22-13-17/h4-5,9,21H,3,6-8,10-13H2,1-2H3,(H,18,19). The first kappa shape index (κ1) is 16.3. The van der Waals surface area contributed by atoms with E-state index in [1.54, 1.807) is 25.3 Å². The molecular formula is C17H27N3O3. The van der Waals surface area contributed by atoms with Crippen molar-refractivity contribution in [2.45, 2.75) is 32.3 Å². The van der Waals surface area contributed by atoms with Gasteiger partial charge < -0.3 is 24.5 Å². The van der Waals surface area contributed by atoms with Gasteiger partial charge >= 0.3 is 0 Å². The Morgan fingerprint density at radius 3 is 3.04 bits per heavy atom. The first-order valence-electron chi connectivity index (χ1n) is 8.42. The summed E-state index contributed by atoms with van der Waals surface area (Å²) in [7, 11) is 0. The lowest BCUT2D eigenvalue weighted by atomic mass is 9.87. The zero-order valence-corrected chi connectivity index (χ0v) is 14.0. The Morgan fingerprint density at radius 2 is 2.39 bits per heavy atom. The number of furan rings is 1. The number of likely N-dealkylation sites (tertiary alicyclic amines) is 1. The minimum atomic E-state index is -1.10. The van der Waals surface area contributed by atoms with Gasteiger partial charge in [-0.05, 0) is 38.8 Å². The van der Waals surface area contributed by atoms with Crippen molar-refractivity contribution in [1.82, 2.24) is 10.2 Å². The van der Waals surface area contributed by atoms with Crippen LogP contribution in [0.1, 0.15) is 32.4 Å². The quantitative estimate of drug-likeness (QED) is 0.651. The van der Waals surface area contributed by atoms with E-state index >= 15 is 0 Å². The summed E-state index contributed by atoms with van der Waals surface area (Å²) in [5.41, 5.74) is -0.808. The SMILES string of the molecule is CCNC(=NCC(C)(O)c1ccco1)N1CCC2(CCOC2)C1. The second kappa shape index (κ2) is 6.53. The minimum absolute atomic E-state index is 0.267. The molecule has 0 amide bonds. The van der Waals surface area contributed by atoms with Crippen LogP contribution in [0.25, 0.3) is 0 Å². The van der Waals surface area contributed by atoms with Crippen molar-refractivity contribution in [1.29, 1.82) is 0 Å². The van der Waals surface area contributed by atoms with Crippen molar-refractivity contribution in [3.05, 3.63) is 24.2 Å². The molecule has 2 N–H and O–H groups in total. The van der Waals surface area contributed by atoms with Crippen LogP contribution in [0.3, 0.4) is 0 Å². The Morgan fingerprint density at radius 1 is 1.52 bits per heavy atom. The highest BCUT2D eigenvalue weighted by molar-refractivity contribution is 5.80. The summed E-state index contributed by atoms with van der Waals surface area (Å²) in [5, 5.41) is 13.9. The highest BCUT2D eigenvalue weighted by Gasteiger charge is 2.42. The number of hydrogen-bond donors (Lipinski definition) is 2. The average molecular weight is 321 g/mol. The maximum Gasteiger partial charge on any atom is 0.194 e. The van der Waals surface area contributed by atoms with Gasteiger partial charge in [0.1, 0.15) is 11.4 Å². The lowest BCUT2D eigenvalue weighted by Gasteiger charge is -2.26. The zero-order valence-electron chi connectivity index (χ0n) is 14.0. The number of hydrogen-bond acceptors (Lipinski definition) is 4. The molecule has 2 saturated heterocycles. The van der Waals surface area contributed by atoms with E-state index in [1.165, 1.54) is 0 Å². The number of guanidine groups is 1. The van der Waals surface area contributed by atoms with Crippen LogP contribution in [-0.4, -0.2) is 55.4 Å². The number of aliphatic hydroxyl groups is 1. The summed E-state index contributed by atoms with van der Waals surface area (Å²) in [4.78, 5) is 6.95. The predicted molar refractivity (Wildman–Crippen MR) is 88.3 cm³/mol. The lowest BCUT2D eigenvalue weighted by Crippen LogP contribution is -2.42. The molecule has 6 nitrogen and oxygen atoms in total. The zero-order chi connectivity index (χ0) is 16.3. The van der Waals surface area contributed by atoms with Crippen LogP contribution in [-0.2, 0) is 10.3 Å². The molecule has 0 bridgehead atoms. The Hall–Kier alpha value is -1.53. The molecule has 128 valence electrons. The summed E-state index contributed by atoms with van der Waals surface area (Å²) >= 11 is 0. The topological polar surface area (TPSA) is 70.2 Å². The van der Waals surface area contributed by atoms with Crippen LogP contribution in [0.2, 0.25) is 0 Å². The van der Waals surface area contributed by atoms with Crippen molar-refractivity contribution in [3.63, 3.8) is 0 Å². The predicted octanol–water partition coefficient (Wildman–Crippen LogP) is 1.56. The third kappa shape index (κ3) is 3.53. The molecule has 2 aliphatic heterocycles. The Balaban J connectivity index is 1.69. The van der Waals surface area contributed by atoms with E-state index in [4.69, 9.17) is 9.15 Å². The molecule has 2 atom stereocenters. The number of ether oxygens (including phenoxy) is 1. The van der Waals surface area contributed by atoms with Crippen molar-refractivity contribution in [2.24, 2.45) is 10.4 Å². The molecule has 23 heavy (non-hydrogen) atoms. The minimum Gasteiger partial charge on any atom is -0.466 e. The Kier molecular flexibility index (Phi) is 4.64. The van der Waals surface area contributed by atoms with Gasteiger partial charge in [-0.2, -0.15) is 0 Å². The smallest absolute Gasteiger partial charge is 0.194 e. The second-order valence-electron chi connectivity index (χ2n) is 6.90. The van der Waals surface area contributed by atoms with E-state index in [2.05, 4.69) is 22.1 Å². The molecule has 2 fully saturated rings. The fourth-order valence-corrected chi connectivity index (χ4v) is 3.40. The molecule has 1 aromatic rings. The van der Waals surface area contributed by atoms with E-state index in [0.717, 1.165) is 51.6 Å². The van der Waals surface area contributed by atoms with Gasteiger partial charge in [0.05, 0.1) is 19.4 Å². The summed E-state index contributed by atoms with van der Waals surface area (Å²) in [6.45, 7) is 8.55. The summed E-state index contributed by atoms with van der Waals surface area (Å²) in [6, 6.07) is 3.56. The first-order chi connectivity index (χ1) is 11.0. The molecule has 1 aromatic heterocycles. The molecule has 2 unspecified atom stereocenters. The van der Waals surface area contributed by atoms with Gasteiger partial charge in [0.15, 0.2) is 5.96 Å². The van der Waals surface area contributed by atoms with Crippen molar-refractivity contribution < 1.29 is 14.3 Å². The second-order valence-corrected chi connectivity index (χ2v) is 6.90. The Labute approximate surface area is 137 Å². The molecule has 3 rings (SSSR count). The van der Waals surface area contributed by atoms with Gasteiger partial charge in [-0.3, -0.25) is 0 Å². The molecule has 0 radical (unpaired) electrons. The van der Waals surface area contributed by atoms with E-state index in [1.807, 2.05) is 0 Å². The molecule has 2 aliphatic rings. The van der Waals surface area contributed by atoms with E-state index in [0.29, 0.717) is 11.2 Å². The third-order valence-corrected chi connectivity index (χ3v) is 4.85.